The number of carbonyl (C=O) groups is 2. The monoisotopic (exact) mass is 385 g/mol. The fourth-order valence-corrected chi connectivity index (χ4v) is 3.32. The number of benzene rings is 1. The highest BCUT2D eigenvalue weighted by Gasteiger charge is 2.22. The third-order valence-electron chi connectivity index (χ3n) is 4.86. The minimum absolute atomic E-state index is 0.375. The van der Waals surface area contributed by atoms with Crippen molar-refractivity contribution in [3.8, 4) is 5.75 Å². The normalized spacial score (nSPS) is 15.2. The van der Waals surface area contributed by atoms with Crippen LogP contribution in [-0.4, -0.2) is 43.0 Å². The number of hydrogen-bond donors (Lipinski definition) is 2. The molecule has 28 heavy (non-hydrogen) atoms. The molecule has 7 heteroatoms. The van der Waals surface area contributed by atoms with E-state index in [1.807, 2.05) is 25.1 Å². The summed E-state index contributed by atoms with van der Waals surface area (Å²) >= 11 is 0. The molecule has 0 aliphatic carbocycles. The first-order chi connectivity index (χ1) is 13.7. The van der Waals surface area contributed by atoms with E-state index in [1.165, 1.54) is 0 Å². The van der Waals surface area contributed by atoms with Crippen LogP contribution in [0.2, 0.25) is 0 Å². The second kappa shape index (κ2) is 9.94. The molecule has 1 aliphatic heterocycles. The Hall–Kier alpha value is -2.80. The molecule has 1 aliphatic rings. The zero-order valence-corrected chi connectivity index (χ0v) is 16.1. The van der Waals surface area contributed by atoms with Crippen molar-refractivity contribution in [2.45, 2.75) is 26.3 Å². The van der Waals surface area contributed by atoms with Crippen molar-refractivity contribution >= 4 is 17.5 Å². The van der Waals surface area contributed by atoms with Crippen molar-refractivity contribution in [1.29, 1.82) is 0 Å². The van der Waals surface area contributed by atoms with Crippen LogP contribution < -0.4 is 15.4 Å². The van der Waals surface area contributed by atoms with Crippen molar-refractivity contribution in [3.63, 3.8) is 0 Å². The van der Waals surface area contributed by atoms with Gasteiger partial charge in [0.1, 0.15) is 11.5 Å². The van der Waals surface area contributed by atoms with Gasteiger partial charge in [0.2, 0.25) is 0 Å². The van der Waals surface area contributed by atoms with Crippen molar-refractivity contribution in [2.24, 2.45) is 5.92 Å². The Balaban J connectivity index is 1.40. The van der Waals surface area contributed by atoms with Gasteiger partial charge in [0.15, 0.2) is 0 Å². The number of anilines is 1. The highest BCUT2D eigenvalue weighted by molar-refractivity contribution is 6.39. The van der Waals surface area contributed by atoms with Crippen molar-refractivity contribution in [1.82, 2.24) is 10.2 Å². The van der Waals surface area contributed by atoms with E-state index in [-0.39, 0.29) is 0 Å². The molecule has 7 nitrogen and oxygen atoms in total. The van der Waals surface area contributed by atoms with Crippen LogP contribution in [0.1, 0.15) is 25.5 Å². The van der Waals surface area contributed by atoms with Gasteiger partial charge in [-0.3, -0.25) is 14.5 Å². The van der Waals surface area contributed by atoms with Crippen LogP contribution in [0.4, 0.5) is 5.69 Å². The van der Waals surface area contributed by atoms with E-state index in [2.05, 4.69) is 15.5 Å². The number of para-hydroxylation sites is 2. The predicted molar refractivity (Wildman–Crippen MR) is 106 cm³/mol. The minimum atomic E-state index is -0.678. The summed E-state index contributed by atoms with van der Waals surface area (Å²) in [6.07, 6.45) is 3.65. The Morgan fingerprint density at radius 1 is 1.14 bits per heavy atom. The maximum atomic E-state index is 12.2. The molecular weight excluding hydrogens is 358 g/mol. The molecule has 0 spiro atoms. The van der Waals surface area contributed by atoms with Gasteiger partial charge in [-0.25, -0.2) is 0 Å². The number of carbonyl (C=O) groups excluding carboxylic acids is 2. The van der Waals surface area contributed by atoms with Gasteiger partial charge in [0.25, 0.3) is 0 Å². The summed E-state index contributed by atoms with van der Waals surface area (Å²) in [5.41, 5.74) is 0.496. The number of ether oxygens (including phenoxy) is 1. The molecule has 0 bridgehead atoms. The Morgan fingerprint density at radius 3 is 2.64 bits per heavy atom. The molecule has 1 saturated heterocycles. The largest absolute Gasteiger partial charge is 0.492 e. The molecule has 2 heterocycles. The number of rotatable bonds is 7. The predicted octanol–water partition coefficient (Wildman–Crippen LogP) is 2.65. The summed E-state index contributed by atoms with van der Waals surface area (Å²) < 4.78 is 10.9. The number of amides is 2. The molecule has 0 saturated carbocycles. The van der Waals surface area contributed by atoms with Gasteiger partial charge in [-0.05, 0) is 63.0 Å². The lowest BCUT2D eigenvalue weighted by molar-refractivity contribution is -0.136. The van der Waals surface area contributed by atoms with Crippen LogP contribution in [0.5, 0.6) is 5.75 Å². The molecule has 1 aromatic heterocycles. The van der Waals surface area contributed by atoms with Crippen LogP contribution in [0, 0.1) is 5.92 Å². The van der Waals surface area contributed by atoms with Gasteiger partial charge in [-0.2, -0.15) is 0 Å². The first kappa shape index (κ1) is 19.9. The molecule has 0 atom stereocenters. The van der Waals surface area contributed by atoms with E-state index < -0.39 is 11.8 Å². The second-order valence-electron chi connectivity index (χ2n) is 6.89. The molecular formula is C21H27N3O4. The minimum Gasteiger partial charge on any atom is -0.492 e. The fourth-order valence-electron chi connectivity index (χ4n) is 3.32. The smallest absolute Gasteiger partial charge is 0.313 e. The fraction of sp³-hybridized carbons (Fsp3) is 0.429. The average Bonchev–Trinajstić information content (AvgIpc) is 3.22. The number of furan rings is 1. The molecule has 2 N–H and O–H groups in total. The van der Waals surface area contributed by atoms with E-state index in [1.54, 1.807) is 24.5 Å². The highest BCUT2D eigenvalue weighted by Crippen LogP contribution is 2.23. The Bertz CT molecular complexity index is 768. The highest BCUT2D eigenvalue weighted by atomic mass is 16.5. The Labute approximate surface area is 165 Å². The molecule has 150 valence electrons. The van der Waals surface area contributed by atoms with E-state index >= 15 is 0 Å². The standard InChI is InChI=1S/C21H27N3O4/c1-2-27-19-8-4-3-7-18(19)23-21(26)20(25)22-14-16-9-11-24(12-10-16)15-17-6-5-13-28-17/h3-8,13,16H,2,9-12,14-15H2,1H3,(H,22,25)(H,23,26). The van der Waals surface area contributed by atoms with Crippen LogP contribution >= 0.6 is 0 Å². The molecule has 3 rings (SSSR count). The molecule has 1 aromatic carbocycles. The summed E-state index contributed by atoms with van der Waals surface area (Å²) in [6.45, 7) is 5.58. The number of piperidine rings is 1. The lowest BCUT2D eigenvalue weighted by Crippen LogP contribution is -2.41. The average molecular weight is 385 g/mol. The third kappa shape index (κ3) is 5.60. The van der Waals surface area contributed by atoms with Gasteiger partial charge < -0.3 is 19.8 Å². The molecule has 2 amide bonds. The van der Waals surface area contributed by atoms with Gasteiger partial charge in [-0.1, -0.05) is 12.1 Å². The lowest BCUT2D eigenvalue weighted by Gasteiger charge is -2.31. The van der Waals surface area contributed by atoms with Crippen LogP contribution in [-0.2, 0) is 16.1 Å². The van der Waals surface area contributed by atoms with E-state index in [9.17, 15) is 9.59 Å². The lowest BCUT2D eigenvalue weighted by atomic mass is 9.96. The van der Waals surface area contributed by atoms with Crippen molar-refractivity contribution in [3.05, 3.63) is 48.4 Å². The van der Waals surface area contributed by atoms with Crippen LogP contribution in [0.25, 0.3) is 0 Å². The van der Waals surface area contributed by atoms with Crippen LogP contribution in [0.15, 0.2) is 47.1 Å². The van der Waals surface area contributed by atoms with Crippen molar-refractivity contribution in [2.75, 3.05) is 31.6 Å². The molecule has 1 fully saturated rings. The van der Waals surface area contributed by atoms with Crippen molar-refractivity contribution < 1.29 is 18.7 Å². The van der Waals surface area contributed by atoms with E-state index in [0.717, 1.165) is 38.2 Å². The van der Waals surface area contributed by atoms with Gasteiger partial charge in [-0.15, -0.1) is 0 Å². The molecule has 0 radical (unpaired) electrons. The van der Waals surface area contributed by atoms with Gasteiger partial charge in [0, 0.05) is 6.54 Å². The third-order valence-corrected chi connectivity index (χ3v) is 4.86. The SMILES string of the molecule is CCOc1ccccc1NC(=O)C(=O)NCC1CCN(Cc2ccco2)CC1. The maximum Gasteiger partial charge on any atom is 0.313 e. The number of nitrogens with zero attached hydrogens (tertiary/aromatic N) is 1. The van der Waals surface area contributed by atoms with Crippen LogP contribution in [0.3, 0.4) is 0 Å². The maximum absolute atomic E-state index is 12.2. The zero-order chi connectivity index (χ0) is 19.8. The molecule has 0 unspecified atom stereocenters. The summed E-state index contributed by atoms with van der Waals surface area (Å²) in [6, 6.07) is 11.0. The summed E-state index contributed by atoms with van der Waals surface area (Å²) in [4.78, 5) is 26.7. The Kier molecular flexibility index (Phi) is 7.08. The quantitative estimate of drug-likeness (QED) is 0.716. The summed E-state index contributed by atoms with van der Waals surface area (Å²) in [5.74, 6) is 0.595. The number of nitrogens with one attached hydrogen (secondary N) is 2. The first-order valence-electron chi connectivity index (χ1n) is 9.71. The summed E-state index contributed by atoms with van der Waals surface area (Å²) in [5, 5.41) is 5.38. The topological polar surface area (TPSA) is 83.8 Å². The first-order valence-corrected chi connectivity index (χ1v) is 9.71. The molecule has 2 aromatic rings. The summed E-state index contributed by atoms with van der Waals surface area (Å²) in [7, 11) is 0. The van der Waals surface area contributed by atoms with E-state index in [0.29, 0.717) is 30.5 Å². The number of likely N-dealkylation sites (tertiary alicyclic amines) is 1. The van der Waals surface area contributed by atoms with Gasteiger partial charge in [0.05, 0.1) is 25.1 Å². The van der Waals surface area contributed by atoms with E-state index in [4.69, 9.17) is 9.15 Å². The number of hydrogen-bond acceptors (Lipinski definition) is 5. The Morgan fingerprint density at radius 2 is 1.93 bits per heavy atom. The van der Waals surface area contributed by atoms with Gasteiger partial charge >= 0.3 is 11.8 Å². The zero-order valence-electron chi connectivity index (χ0n) is 16.1. The second-order valence-corrected chi connectivity index (χ2v) is 6.89.